The normalized spacial score (nSPS) is 14.9. The first-order valence-corrected chi connectivity index (χ1v) is 7.65. The Hall–Kier alpha value is -0.730. The van der Waals surface area contributed by atoms with Gasteiger partial charge in [0.15, 0.2) is 0 Å². The fraction of sp³-hybridized carbons (Fsp3) is 0.625. The van der Waals surface area contributed by atoms with E-state index < -0.39 is 0 Å². The maximum atomic E-state index is 6.25. The topological polar surface area (TPSA) is 21.3 Å². The SMILES string of the molecule is CC(C)CNCc1cccc(Cl)c1OCCC1CC1. The number of para-hydroxylation sites is 1. The molecular weight excluding hydrogens is 258 g/mol. The summed E-state index contributed by atoms with van der Waals surface area (Å²) in [6, 6.07) is 5.98. The third kappa shape index (κ3) is 5.04. The van der Waals surface area contributed by atoms with E-state index in [1.165, 1.54) is 12.8 Å². The fourth-order valence-electron chi connectivity index (χ4n) is 2.08. The molecule has 0 atom stereocenters. The molecule has 0 spiro atoms. The van der Waals surface area contributed by atoms with E-state index in [0.717, 1.165) is 48.4 Å². The molecule has 1 aliphatic carbocycles. The summed E-state index contributed by atoms with van der Waals surface area (Å²) in [4.78, 5) is 0. The second-order valence-corrected chi connectivity index (χ2v) is 6.24. The first kappa shape index (κ1) is 14.7. The smallest absolute Gasteiger partial charge is 0.142 e. The van der Waals surface area contributed by atoms with Gasteiger partial charge in [-0.15, -0.1) is 0 Å². The largest absolute Gasteiger partial charge is 0.492 e. The molecule has 1 aromatic carbocycles. The van der Waals surface area contributed by atoms with E-state index in [0.29, 0.717) is 5.92 Å². The van der Waals surface area contributed by atoms with Crippen molar-refractivity contribution in [1.29, 1.82) is 0 Å². The van der Waals surface area contributed by atoms with Gasteiger partial charge in [-0.25, -0.2) is 0 Å². The zero-order chi connectivity index (χ0) is 13.7. The van der Waals surface area contributed by atoms with Crippen LogP contribution in [0.5, 0.6) is 5.75 Å². The third-order valence-electron chi connectivity index (χ3n) is 3.39. The summed E-state index contributed by atoms with van der Waals surface area (Å²) in [5, 5.41) is 4.16. The lowest BCUT2D eigenvalue weighted by molar-refractivity contribution is 0.299. The molecular formula is C16H24ClNO. The average Bonchev–Trinajstić information content (AvgIpc) is 3.16. The Labute approximate surface area is 121 Å². The minimum atomic E-state index is 0.651. The third-order valence-corrected chi connectivity index (χ3v) is 3.68. The number of hydrogen-bond donors (Lipinski definition) is 1. The van der Waals surface area contributed by atoms with Gasteiger partial charge < -0.3 is 10.1 Å². The van der Waals surface area contributed by atoms with Crippen molar-refractivity contribution >= 4 is 11.6 Å². The van der Waals surface area contributed by atoms with Gasteiger partial charge in [-0.3, -0.25) is 0 Å². The Bertz CT molecular complexity index is 402. The number of halogens is 1. The Kier molecular flexibility index (Phi) is 5.53. The van der Waals surface area contributed by atoms with E-state index in [2.05, 4.69) is 25.2 Å². The van der Waals surface area contributed by atoms with Crippen LogP contribution in [0.15, 0.2) is 18.2 Å². The highest BCUT2D eigenvalue weighted by Crippen LogP contribution is 2.34. The first-order chi connectivity index (χ1) is 9.16. The number of nitrogens with one attached hydrogen (secondary N) is 1. The summed E-state index contributed by atoms with van der Waals surface area (Å²) in [7, 11) is 0. The highest BCUT2D eigenvalue weighted by Gasteiger charge is 2.21. The Balaban J connectivity index is 1.89. The molecule has 1 saturated carbocycles. The summed E-state index contributed by atoms with van der Waals surface area (Å²) in [5.41, 5.74) is 1.16. The molecule has 0 bridgehead atoms. The van der Waals surface area contributed by atoms with Crippen LogP contribution in [0.1, 0.15) is 38.7 Å². The van der Waals surface area contributed by atoms with E-state index in [4.69, 9.17) is 16.3 Å². The lowest BCUT2D eigenvalue weighted by atomic mass is 10.1. The van der Waals surface area contributed by atoms with Gasteiger partial charge in [0.2, 0.25) is 0 Å². The van der Waals surface area contributed by atoms with Crippen molar-refractivity contribution in [2.24, 2.45) is 11.8 Å². The molecule has 0 radical (unpaired) electrons. The molecule has 0 unspecified atom stereocenters. The molecule has 1 N–H and O–H groups in total. The zero-order valence-corrected chi connectivity index (χ0v) is 12.7. The molecule has 2 nitrogen and oxygen atoms in total. The second kappa shape index (κ2) is 7.16. The van der Waals surface area contributed by atoms with Gasteiger partial charge in [-0.1, -0.05) is 50.4 Å². The molecule has 1 aliphatic rings. The molecule has 1 aromatic rings. The number of benzene rings is 1. The molecule has 0 heterocycles. The van der Waals surface area contributed by atoms with Gasteiger partial charge in [-0.2, -0.15) is 0 Å². The predicted octanol–water partition coefficient (Wildman–Crippen LogP) is 4.26. The summed E-state index contributed by atoms with van der Waals surface area (Å²) < 4.78 is 5.90. The molecule has 0 amide bonds. The molecule has 1 fully saturated rings. The van der Waals surface area contributed by atoms with Crippen LogP contribution in [0.3, 0.4) is 0 Å². The van der Waals surface area contributed by atoms with Crippen molar-refractivity contribution in [2.45, 2.75) is 39.7 Å². The number of rotatable bonds is 8. The maximum absolute atomic E-state index is 6.25. The van der Waals surface area contributed by atoms with Gasteiger partial charge in [0.05, 0.1) is 11.6 Å². The van der Waals surface area contributed by atoms with Gasteiger partial charge in [0.25, 0.3) is 0 Å². The van der Waals surface area contributed by atoms with Gasteiger partial charge in [-0.05, 0) is 30.9 Å². The lowest BCUT2D eigenvalue weighted by Crippen LogP contribution is -2.19. The van der Waals surface area contributed by atoms with Crippen LogP contribution >= 0.6 is 11.6 Å². The lowest BCUT2D eigenvalue weighted by Gasteiger charge is -2.14. The predicted molar refractivity (Wildman–Crippen MR) is 80.8 cm³/mol. The van der Waals surface area contributed by atoms with Gasteiger partial charge >= 0.3 is 0 Å². The van der Waals surface area contributed by atoms with Gasteiger partial charge in [0, 0.05) is 12.1 Å². The van der Waals surface area contributed by atoms with Crippen molar-refractivity contribution in [3.63, 3.8) is 0 Å². The van der Waals surface area contributed by atoms with Crippen LogP contribution in [0.2, 0.25) is 5.02 Å². The molecule has 0 aromatic heterocycles. The highest BCUT2D eigenvalue weighted by atomic mass is 35.5. The minimum absolute atomic E-state index is 0.651. The highest BCUT2D eigenvalue weighted by molar-refractivity contribution is 6.32. The number of ether oxygens (including phenoxy) is 1. The van der Waals surface area contributed by atoms with Gasteiger partial charge in [0.1, 0.15) is 5.75 Å². The number of hydrogen-bond acceptors (Lipinski definition) is 2. The van der Waals surface area contributed by atoms with Crippen LogP contribution < -0.4 is 10.1 Å². The first-order valence-electron chi connectivity index (χ1n) is 7.27. The van der Waals surface area contributed by atoms with Crippen LogP contribution in [-0.2, 0) is 6.54 Å². The molecule has 0 saturated heterocycles. The summed E-state index contributed by atoms with van der Waals surface area (Å²) >= 11 is 6.25. The monoisotopic (exact) mass is 281 g/mol. The molecule has 2 rings (SSSR count). The van der Waals surface area contributed by atoms with Crippen LogP contribution in [-0.4, -0.2) is 13.2 Å². The maximum Gasteiger partial charge on any atom is 0.142 e. The van der Waals surface area contributed by atoms with Crippen molar-refractivity contribution in [3.8, 4) is 5.75 Å². The summed E-state index contributed by atoms with van der Waals surface area (Å²) in [6.45, 7) is 7.02. The standard InChI is InChI=1S/C16H24ClNO/c1-12(2)10-18-11-14-4-3-5-15(17)16(14)19-9-8-13-6-7-13/h3-5,12-13,18H,6-11H2,1-2H3. The zero-order valence-electron chi connectivity index (χ0n) is 11.9. The second-order valence-electron chi connectivity index (χ2n) is 5.83. The van der Waals surface area contributed by atoms with Crippen LogP contribution in [0, 0.1) is 11.8 Å². The van der Waals surface area contributed by atoms with Crippen molar-refractivity contribution < 1.29 is 4.74 Å². The van der Waals surface area contributed by atoms with E-state index in [1.54, 1.807) is 0 Å². The molecule has 3 heteroatoms. The van der Waals surface area contributed by atoms with Crippen molar-refractivity contribution in [1.82, 2.24) is 5.32 Å². The van der Waals surface area contributed by atoms with Crippen molar-refractivity contribution in [2.75, 3.05) is 13.2 Å². The minimum Gasteiger partial charge on any atom is -0.492 e. The molecule has 19 heavy (non-hydrogen) atoms. The fourth-order valence-corrected chi connectivity index (χ4v) is 2.33. The van der Waals surface area contributed by atoms with E-state index in [1.807, 2.05) is 12.1 Å². The summed E-state index contributed by atoms with van der Waals surface area (Å²) in [5.74, 6) is 2.41. The van der Waals surface area contributed by atoms with E-state index in [-0.39, 0.29) is 0 Å². The molecule has 0 aliphatic heterocycles. The van der Waals surface area contributed by atoms with E-state index in [9.17, 15) is 0 Å². The van der Waals surface area contributed by atoms with Crippen LogP contribution in [0.4, 0.5) is 0 Å². The Morgan fingerprint density at radius 2 is 2.16 bits per heavy atom. The van der Waals surface area contributed by atoms with E-state index >= 15 is 0 Å². The Morgan fingerprint density at radius 1 is 1.37 bits per heavy atom. The molecule has 106 valence electrons. The summed E-state index contributed by atoms with van der Waals surface area (Å²) in [6.07, 6.45) is 3.90. The quantitative estimate of drug-likeness (QED) is 0.768. The average molecular weight is 282 g/mol. The Morgan fingerprint density at radius 3 is 2.84 bits per heavy atom. The van der Waals surface area contributed by atoms with Crippen molar-refractivity contribution in [3.05, 3.63) is 28.8 Å². The van der Waals surface area contributed by atoms with Crippen LogP contribution in [0.25, 0.3) is 0 Å².